The molecule has 186 valence electrons. The molecule has 3 heterocycles. The lowest BCUT2D eigenvalue weighted by atomic mass is 10.1. The van der Waals surface area contributed by atoms with Crippen LogP contribution in [0.25, 0.3) is 28.1 Å². The summed E-state index contributed by atoms with van der Waals surface area (Å²) in [5, 5.41) is 17.8. The van der Waals surface area contributed by atoms with Crippen molar-refractivity contribution in [2.45, 2.75) is 6.18 Å². The molecule has 0 aliphatic carbocycles. The molecule has 1 amide bonds. The van der Waals surface area contributed by atoms with E-state index in [9.17, 15) is 32.5 Å². The summed E-state index contributed by atoms with van der Waals surface area (Å²) in [6.45, 7) is 0. The molecular weight excluding hydrogens is 516 g/mol. The first-order valence-corrected chi connectivity index (χ1v) is 11.2. The molecule has 3 aromatic heterocycles. The van der Waals surface area contributed by atoms with Gasteiger partial charge >= 0.3 is 11.2 Å². The Morgan fingerprint density at radius 3 is 2.32 bits per heavy atom. The van der Waals surface area contributed by atoms with Crippen molar-refractivity contribution in [1.29, 1.82) is 0 Å². The Labute approximate surface area is 208 Å². The van der Waals surface area contributed by atoms with E-state index in [2.05, 4.69) is 20.4 Å². The average Bonchev–Trinajstić information content (AvgIpc) is 3.52. The fourth-order valence-electron chi connectivity index (χ4n) is 3.43. The van der Waals surface area contributed by atoms with E-state index in [1.54, 1.807) is 0 Å². The van der Waals surface area contributed by atoms with Crippen molar-refractivity contribution < 1.29 is 27.3 Å². The molecule has 9 nitrogen and oxygen atoms in total. The van der Waals surface area contributed by atoms with Crippen LogP contribution in [-0.2, 0) is 6.18 Å². The highest BCUT2D eigenvalue weighted by atomic mass is 32.1. The minimum absolute atomic E-state index is 0.0162. The Hall–Kier alpha value is -4.72. The topological polar surface area (TPSA) is 116 Å². The maximum Gasteiger partial charge on any atom is 0.416 e. The zero-order valence-electron chi connectivity index (χ0n) is 18.2. The van der Waals surface area contributed by atoms with Gasteiger partial charge in [0.1, 0.15) is 11.6 Å². The molecular formula is C23H12F4N6O3S. The lowest BCUT2D eigenvalue weighted by molar-refractivity contribution is -0.380. The van der Waals surface area contributed by atoms with Gasteiger partial charge in [0.15, 0.2) is 11.5 Å². The number of rotatable bonds is 5. The molecule has 0 aliphatic rings. The summed E-state index contributed by atoms with van der Waals surface area (Å²) >= 11 is 0.664. The second-order valence-corrected chi connectivity index (χ2v) is 8.65. The highest BCUT2D eigenvalue weighted by Crippen LogP contribution is 2.32. The summed E-state index contributed by atoms with van der Waals surface area (Å²) in [6.07, 6.45) is -3.17. The minimum atomic E-state index is -4.53. The Morgan fingerprint density at radius 2 is 1.70 bits per heavy atom. The van der Waals surface area contributed by atoms with E-state index >= 15 is 0 Å². The molecule has 0 saturated carbocycles. The van der Waals surface area contributed by atoms with E-state index in [4.69, 9.17) is 0 Å². The van der Waals surface area contributed by atoms with Gasteiger partial charge in [-0.05, 0) is 42.5 Å². The molecule has 0 saturated heterocycles. The normalized spacial score (nSPS) is 11.6. The smallest absolute Gasteiger partial charge is 0.305 e. The average molecular weight is 528 g/mol. The Balaban J connectivity index is 1.62. The van der Waals surface area contributed by atoms with Crippen molar-refractivity contribution in [1.82, 2.24) is 19.7 Å². The predicted octanol–water partition coefficient (Wildman–Crippen LogP) is 5.86. The second-order valence-electron chi connectivity index (χ2n) is 7.59. The largest absolute Gasteiger partial charge is 0.416 e. The van der Waals surface area contributed by atoms with Crippen LogP contribution in [0.4, 0.5) is 28.4 Å². The summed E-state index contributed by atoms with van der Waals surface area (Å²) in [4.78, 5) is 32.0. The maximum atomic E-state index is 13.4. The molecule has 0 fully saturated rings. The van der Waals surface area contributed by atoms with Gasteiger partial charge in [-0.15, -0.1) is 0 Å². The molecule has 5 rings (SSSR count). The van der Waals surface area contributed by atoms with E-state index in [0.717, 1.165) is 12.1 Å². The molecule has 37 heavy (non-hydrogen) atoms. The van der Waals surface area contributed by atoms with Crippen LogP contribution in [0.1, 0.15) is 15.2 Å². The third-order valence-corrected chi connectivity index (χ3v) is 6.23. The molecule has 0 radical (unpaired) electrons. The van der Waals surface area contributed by atoms with Crippen LogP contribution >= 0.6 is 11.3 Å². The van der Waals surface area contributed by atoms with Gasteiger partial charge in [0, 0.05) is 11.6 Å². The quantitative estimate of drug-likeness (QED) is 0.174. The van der Waals surface area contributed by atoms with Crippen molar-refractivity contribution >= 4 is 39.1 Å². The number of halogens is 4. The Morgan fingerprint density at radius 1 is 1.00 bits per heavy atom. The van der Waals surface area contributed by atoms with Gasteiger partial charge in [-0.2, -0.15) is 18.3 Å². The molecule has 0 unspecified atom stereocenters. The molecule has 0 spiro atoms. The summed E-state index contributed by atoms with van der Waals surface area (Å²) in [5.74, 6) is -1.20. The number of anilines is 1. The van der Waals surface area contributed by atoms with E-state index < -0.39 is 28.4 Å². The van der Waals surface area contributed by atoms with Gasteiger partial charge in [0.25, 0.3) is 5.91 Å². The predicted molar refractivity (Wildman–Crippen MR) is 126 cm³/mol. The van der Waals surface area contributed by atoms with Crippen molar-refractivity contribution in [2.24, 2.45) is 0 Å². The number of aromatic nitrogens is 4. The Bertz CT molecular complexity index is 1650. The summed E-state index contributed by atoms with van der Waals surface area (Å²) in [5.41, 5.74) is -0.0193. The van der Waals surface area contributed by atoms with Crippen LogP contribution in [0, 0.1) is 15.9 Å². The van der Waals surface area contributed by atoms with Crippen LogP contribution in [-0.4, -0.2) is 30.6 Å². The molecule has 0 atom stereocenters. The van der Waals surface area contributed by atoms with Gasteiger partial charge in [-0.3, -0.25) is 14.9 Å². The summed E-state index contributed by atoms with van der Waals surface area (Å²) < 4.78 is 53.9. The highest BCUT2D eigenvalue weighted by molar-refractivity contribution is 7.17. The molecule has 2 aromatic carbocycles. The number of nitro groups is 1. The highest BCUT2D eigenvalue weighted by Gasteiger charge is 2.30. The molecule has 0 aliphatic heterocycles. The molecule has 14 heteroatoms. The fourth-order valence-corrected chi connectivity index (χ4v) is 4.14. The lowest BCUT2D eigenvalue weighted by Gasteiger charge is -2.10. The number of thiophene rings is 1. The van der Waals surface area contributed by atoms with E-state index in [1.807, 2.05) is 0 Å². The number of fused-ring (bicyclic) bond motifs is 1. The van der Waals surface area contributed by atoms with Gasteiger partial charge in [-0.25, -0.2) is 19.0 Å². The third kappa shape index (κ3) is 4.73. The maximum absolute atomic E-state index is 13.4. The second kappa shape index (κ2) is 9.05. The first-order valence-electron chi connectivity index (χ1n) is 10.3. The van der Waals surface area contributed by atoms with Gasteiger partial charge in [0.2, 0.25) is 0 Å². The number of nitrogens with one attached hydrogen (secondary N) is 1. The van der Waals surface area contributed by atoms with E-state index in [-0.39, 0.29) is 38.1 Å². The number of alkyl halides is 3. The number of carbonyl (C=O) groups is 1. The first-order chi connectivity index (χ1) is 17.6. The molecule has 5 aromatic rings. The van der Waals surface area contributed by atoms with Crippen LogP contribution in [0.5, 0.6) is 0 Å². The minimum Gasteiger partial charge on any atom is -0.305 e. The fraction of sp³-hybridized carbons (Fsp3) is 0.0435. The van der Waals surface area contributed by atoms with Crippen molar-refractivity contribution in [3.63, 3.8) is 0 Å². The van der Waals surface area contributed by atoms with Gasteiger partial charge in [-0.1, -0.05) is 23.5 Å². The van der Waals surface area contributed by atoms with Crippen molar-refractivity contribution in [3.8, 4) is 17.1 Å². The monoisotopic (exact) mass is 528 g/mol. The van der Waals surface area contributed by atoms with Crippen LogP contribution in [0.15, 0.2) is 66.9 Å². The summed E-state index contributed by atoms with van der Waals surface area (Å²) in [7, 11) is 0. The number of benzene rings is 2. The van der Waals surface area contributed by atoms with Crippen LogP contribution in [0.3, 0.4) is 0 Å². The number of hydrogen-bond acceptors (Lipinski definition) is 7. The van der Waals surface area contributed by atoms with Crippen LogP contribution in [0.2, 0.25) is 0 Å². The zero-order valence-corrected chi connectivity index (χ0v) is 19.0. The van der Waals surface area contributed by atoms with Gasteiger partial charge in [0.05, 0.1) is 32.6 Å². The Kier molecular flexibility index (Phi) is 5.87. The number of carbonyl (C=O) groups excluding carboxylic acids is 1. The summed E-state index contributed by atoms with van der Waals surface area (Å²) in [6, 6.07) is 11.9. The number of amides is 1. The third-order valence-electron chi connectivity index (χ3n) is 5.20. The van der Waals surface area contributed by atoms with Crippen molar-refractivity contribution in [2.75, 3.05) is 5.32 Å². The molecule has 1 N–H and O–H groups in total. The first kappa shape index (κ1) is 24.0. The van der Waals surface area contributed by atoms with Crippen LogP contribution < -0.4 is 5.32 Å². The lowest BCUT2D eigenvalue weighted by Crippen LogP contribution is -2.13. The van der Waals surface area contributed by atoms with E-state index in [0.29, 0.717) is 17.0 Å². The molecule has 0 bridgehead atoms. The number of nitrogens with zero attached hydrogens (tertiary/aromatic N) is 5. The van der Waals surface area contributed by atoms with Crippen molar-refractivity contribution in [3.05, 3.63) is 93.2 Å². The van der Waals surface area contributed by atoms with Gasteiger partial charge < -0.3 is 5.32 Å². The zero-order chi connectivity index (χ0) is 26.3. The standard InChI is InChI=1S/C23H12F4N6O3S/c24-14-5-7-15(8-6-14)32-21-16(11-28-32)20(31-22(34)17-9-10-18(37-17)33(35)36)29-19(30-21)12-1-3-13(4-2-12)23(25,26)27/h1-11H,(H,29,30,31,34). The number of hydrogen-bond donors (Lipinski definition) is 1. The SMILES string of the molecule is O=C(Nc1nc(-c2ccc(C(F)(F)F)cc2)nc2c1cnn2-c1ccc(F)cc1)c1ccc([N+](=O)[O-])s1. The van der Waals surface area contributed by atoms with E-state index in [1.165, 1.54) is 59.4 Å².